The molecule has 1 aromatic carbocycles. The van der Waals surface area contributed by atoms with Gasteiger partial charge in [0.2, 0.25) is 0 Å². The Bertz CT molecular complexity index is 534. The van der Waals surface area contributed by atoms with E-state index in [0.717, 1.165) is 0 Å². The van der Waals surface area contributed by atoms with Crippen molar-refractivity contribution in [3.8, 4) is 0 Å². The molecule has 1 aromatic heterocycles. The van der Waals surface area contributed by atoms with Crippen molar-refractivity contribution < 1.29 is 0 Å². The number of thiophene rings is 1. The Labute approximate surface area is 119 Å². The zero-order valence-electron chi connectivity index (χ0n) is 11.3. The van der Waals surface area contributed by atoms with Crippen molar-refractivity contribution in [3.63, 3.8) is 0 Å². The fourth-order valence-corrected chi connectivity index (χ4v) is 3.30. The lowest BCUT2D eigenvalue weighted by atomic mass is 9.95. The predicted molar refractivity (Wildman–Crippen MR) is 81.9 cm³/mol. The van der Waals surface area contributed by atoms with Crippen LogP contribution >= 0.6 is 22.9 Å². The lowest BCUT2D eigenvalue weighted by Crippen LogP contribution is -2.07. The standard InChI is InChI=1S/C16H19ClS/c1-11-6-5-7-12(10-11)15(17)13-8-9-14(18-13)16(2,3)4/h5-10,15H,1-4H3. The molecule has 96 valence electrons. The Kier molecular flexibility index (Phi) is 3.84. The zero-order valence-corrected chi connectivity index (χ0v) is 12.9. The van der Waals surface area contributed by atoms with E-state index in [1.807, 2.05) is 11.3 Å². The average molecular weight is 279 g/mol. The van der Waals surface area contributed by atoms with Crippen LogP contribution in [0.2, 0.25) is 0 Å². The highest BCUT2D eigenvalue weighted by atomic mass is 35.5. The summed E-state index contributed by atoms with van der Waals surface area (Å²) in [7, 11) is 0. The molecule has 0 bridgehead atoms. The minimum absolute atomic E-state index is 0.0361. The van der Waals surface area contributed by atoms with Crippen LogP contribution in [-0.4, -0.2) is 0 Å². The van der Waals surface area contributed by atoms with Crippen LogP contribution in [0.1, 0.15) is 47.0 Å². The lowest BCUT2D eigenvalue weighted by molar-refractivity contribution is 0.604. The first-order valence-corrected chi connectivity index (χ1v) is 7.44. The summed E-state index contributed by atoms with van der Waals surface area (Å²) >= 11 is 8.39. The number of halogens is 1. The highest BCUT2D eigenvalue weighted by Crippen LogP contribution is 2.37. The van der Waals surface area contributed by atoms with Crippen molar-refractivity contribution in [3.05, 3.63) is 57.3 Å². The summed E-state index contributed by atoms with van der Waals surface area (Å²) in [4.78, 5) is 2.61. The molecular weight excluding hydrogens is 260 g/mol. The van der Waals surface area contributed by atoms with Gasteiger partial charge < -0.3 is 0 Å². The third-order valence-electron chi connectivity index (χ3n) is 2.95. The van der Waals surface area contributed by atoms with E-state index in [-0.39, 0.29) is 10.8 Å². The Balaban J connectivity index is 2.29. The van der Waals surface area contributed by atoms with Crippen LogP contribution in [-0.2, 0) is 5.41 Å². The van der Waals surface area contributed by atoms with Gasteiger partial charge in [0.15, 0.2) is 0 Å². The average Bonchev–Trinajstić information content (AvgIpc) is 2.77. The first-order chi connectivity index (χ1) is 8.38. The zero-order chi connectivity index (χ0) is 13.3. The van der Waals surface area contributed by atoms with Crippen molar-refractivity contribution in [2.75, 3.05) is 0 Å². The van der Waals surface area contributed by atoms with Gasteiger partial charge in [0.25, 0.3) is 0 Å². The molecule has 1 heterocycles. The molecule has 0 aliphatic rings. The van der Waals surface area contributed by atoms with Crippen LogP contribution < -0.4 is 0 Å². The second-order valence-corrected chi connectivity index (χ2v) is 7.28. The smallest absolute Gasteiger partial charge is 0.0927 e. The largest absolute Gasteiger partial charge is 0.143 e. The fraction of sp³-hybridized carbons (Fsp3) is 0.375. The van der Waals surface area contributed by atoms with Crippen molar-refractivity contribution in [1.29, 1.82) is 0 Å². The molecule has 0 aliphatic heterocycles. The minimum atomic E-state index is -0.0361. The molecular formula is C16H19ClS. The summed E-state index contributed by atoms with van der Waals surface area (Å²) in [6.07, 6.45) is 0. The van der Waals surface area contributed by atoms with Crippen LogP contribution in [0.5, 0.6) is 0 Å². The molecule has 0 spiro atoms. The Morgan fingerprint density at radius 1 is 1.11 bits per heavy atom. The predicted octanol–water partition coefficient (Wildman–Crippen LogP) is 5.68. The normalized spacial score (nSPS) is 13.6. The Morgan fingerprint density at radius 2 is 1.83 bits per heavy atom. The number of hydrogen-bond acceptors (Lipinski definition) is 1. The molecule has 0 N–H and O–H groups in total. The SMILES string of the molecule is Cc1cccc(C(Cl)c2ccc(C(C)(C)C)s2)c1. The third kappa shape index (κ3) is 2.96. The molecule has 0 saturated heterocycles. The molecule has 2 rings (SSSR count). The van der Waals surface area contributed by atoms with Gasteiger partial charge in [0, 0.05) is 9.75 Å². The van der Waals surface area contributed by atoms with Gasteiger partial charge >= 0.3 is 0 Å². The highest BCUT2D eigenvalue weighted by molar-refractivity contribution is 7.12. The van der Waals surface area contributed by atoms with E-state index >= 15 is 0 Å². The molecule has 2 aromatic rings. The van der Waals surface area contributed by atoms with E-state index in [9.17, 15) is 0 Å². The summed E-state index contributed by atoms with van der Waals surface area (Å²) in [5.74, 6) is 0. The van der Waals surface area contributed by atoms with E-state index in [1.165, 1.54) is 20.9 Å². The van der Waals surface area contributed by atoms with Gasteiger partial charge in [-0.3, -0.25) is 0 Å². The summed E-state index contributed by atoms with van der Waals surface area (Å²) in [5, 5.41) is -0.0361. The summed E-state index contributed by atoms with van der Waals surface area (Å²) in [6.45, 7) is 8.80. The van der Waals surface area contributed by atoms with Gasteiger partial charge in [0.05, 0.1) is 5.38 Å². The topological polar surface area (TPSA) is 0 Å². The Hall–Kier alpha value is -0.790. The van der Waals surface area contributed by atoms with E-state index in [4.69, 9.17) is 11.6 Å². The van der Waals surface area contributed by atoms with Gasteiger partial charge in [0.1, 0.15) is 0 Å². The van der Waals surface area contributed by atoms with Crippen molar-refractivity contribution in [2.45, 2.75) is 38.5 Å². The monoisotopic (exact) mass is 278 g/mol. The number of alkyl halides is 1. The fourth-order valence-electron chi connectivity index (χ4n) is 1.88. The Morgan fingerprint density at radius 3 is 2.39 bits per heavy atom. The first kappa shape index (κ1) is 13.6. The summed E-state index contributed by atoms with van der Waals surface area (Å²) in [6, 6.07) is 12.8. The van der Waals surface area contributed by atoms with Gasteiger partial charge in [-0.1, -0.05) is 50.6 Å². The van der Waals surface area contributed by atoms with E-state index in [0.29, 0.717) is 0 Å². The van der Waals surface area contributed by atoms with E-state index < -0.39 is 0 Å². The second-order valence-electron chi connectivity index (χ2n) is 5.73. The maximum Gasteiger partial charge on any atom is 0.0927 e. The number of hydrogen-bond donors (Lipinski definition) is 0. The maximum atomic E-state index is 6.58. The molecule has 2 heteroatoms. The van der Waals surface area contributed by atoms with Gasteiger partial charge in [-0.2, -0.15) is 0 Å². The molecule has 1 atom stereocenters. The minimum Gasteiger partial charge on any atom is -0.143 e. The quantitative estimate of drug-likeness (QED) is 0.620. The molecule has 0 aliphatic carbocycles. The molecule has 0 amide bonds. The summed E-state index contributed by atoms with van der Waals surface area (Å²) in [5.41, 5.74) is 2.64. The first-order valence-electron chi connectivity index (χ1n) is 6.19. The summed E-state index contributed by atoms with van der Waals surface area (Å²) < 4.78 is 0. The van der Waals surface area contributed by atoms with Crippen LogP contribution in [0.25, 0.3) is 0 Å². The number of benzene rings is 1. The molecule has 0 nitrogen and oxygen atoms in total. The van der Waals surface area contributed by atoms with E-state index in [2.05, 4.69) is 64.1 Å². The highest BCUT2D eigenvalue weighted by Gasteiger charge is 2.19. The van der Waals surface area contributed by atoms with Crippen LogP contribution in [0.15, 0.2) is 36.4 Å². The van der Waals surface area contributed by atoms with Crippen LogP contribution in [0, 0.1) is 6.92 Å². The molecule has 1 unspecified atom stereocenters. The molecule has 0 radical (unpaired) electrons. The van der Waals surface area contributed by atoms with Gasteiger partial charge in [-0.15, -0.1) is 22.9 Å². The van der Waals surface area contributed by atoms with Gasteiger partial charge in [-0.05, 0) is 30.0 Å². The third-order valence-corrected chi connectivity index (χ3v) is 5.14. The van der Waals surface area contributed by atoms with E-state index in [1.54, 1.807) is 0 Å². The molecule has 18 heavy (non-hydrogen) atoms. The van der Waals surface area contributed by atoms with Crippen molar-refractivity contribution >= 4 is 22.9 Å². The lowest BCUT2D eigenvalue weighted by Gasteiger charge is -2.15. The number of aryl methyl sites for hydroxylation is 1. The number of rotatable bonds is 2. The second kappa shape index (κ2) is 5.07. The van der Waals surface area contributed by atoms with Gasteiger partial charge in [-0.25, -0.2) is 0 Å². The van der Waals surface area contributed by atoms with Crippen molar-refractivity contribution in [1.82, 2.24) is 0 Å². The maximum absolute atomic E-state index is 6.58. The molecule has 0 fully saturated rings. The van der Waals surface area contributed by atoms with Crippen LogP contribution in [0.4, 0.5) is 0 Å². The van der Waals surface area contributed by atoms with Crippen LogP contribution in [0.3, 0.4) is 0 Å². The van der Waals surface area contributed by atoms with Crippen molar-refractivity contribution in [2.24, 2.45) is 0 Å². The molecule has 0 saturated carbocycles.